The van der Waals surface area contributed by atoms with E-state index in [0.29, 0.717) is 5.82 Å². The molecule has 2 aromatic rings. The minimum Gasteiger partial charge on any atom is -0.384 e. The first-order valence-corrected chi connectivity index (χ1v) is 5.92. The SMILES string of the molecule is Cc1cc(C)cc(CC(NN)c2cn[nH]c2N)c1. The maximum atomic E-state index is 5.82. The quantitative estimate of drug-likeness (QED) is 0.483. The molecule has 1 aromatic heterocycles. The molecule has 1 unspecified atom stereocenters. The van der Waals surface area contributed by atoms with Crippen LogP contribution in [0.3, 0.4) is 0 Å². The molecule has 0 saturated carbocycles. The van der Waals surface area contributed by atoms with Crippen LogP contribution in [0.4, 0.5) is 5.82 Å². The Balaban J connectivity index is 2.23. The molecule has 0 aliphatic heterocycles. The van der Waals surface area contributed by atoms with Gasteiger partial charge in [0.25, 0.3) is 0 Å². The molecule has 0 aliphatic carbocycles. The van der Waals surface area contributed by atoms with Crippen LogP contribution in [0.2, 0.25) is 0 Å². The Morgan fingerprint density at radius 2 is 1.94 bits per heavy atom. The summed E-state index contributed by atoms with van der Waals surface area (Å²) in [7, 11) is 0. The number of hydrazine groups is 1. The zero-order valence-corrected chi connectivity index (χ0v) is 10.7. The van der Waals surface area contributed by atoms with Crippen LogP contribution in [0.1, 0.15) is 28.3 Å². The van der Waals surface area contributed by atoms with Crippen molar-refractivity contribution in [3.05, 3.63) is 46.6 Å². The summed E-state index contributed by atoms with van der Waals surface area (Å²) in [6.45, 7) is 4.18. The number of rotatable bonds is 4. The lowest BCUT2D eigenvalue weighted by molar-refractivity contribution is 0.553. The number of aryl methyl sites for hydroxylation is 2. The zero-order valence-electron chi connectivity index (χ0n) is 10.7. The Bertz CT molecular complexity index is 512. The third-order valence-electron chi connectivity index (χ3n) is 3.00. The van der Waals surface area contributed by atoms with Gasteiger partial charge in [-0.05, 0) is 25.8 Å². The largest absolute Gasteiger partial charge is 0.384 e. The fourth-order valence-corrected chi connectivity index (χ4v) is 2.26. The summed E-state index contributed by atoms with van der Waals surface area (Å²) in [5, 5.41) is 6.65. The topological polar surface area (TPSA) is 92.7 Å². The Labute approximate surface area is 107 Å². The van der Waals surface area contributed by atoms with Crippen molar-refractivity contribution >= 4 is 5.82 Å². The molecule has 0 radical (unpaired) electrons. The van der Waals surface area contributed by atoms with Gasteiger partial charge in [0, 0.05) is 5.56 Å². The van der Waals surface area contributed by atoms with Gasteiger partial charge in [0.15, 0.2) is 0 Å². The lowest BCUT2D eigenvalue weighted by atomic mass is 9.98. The highest BCUT2D eigenvalue weighted by atomic mass is 15.2. The number of nitrogens with two attached hydrogens (primary N) is 2. The number of aromatic amines is 1. The highest BCUT2D eigenvalue weighted by Crippen LogP contribution is 2.22. The number of nitrogen functional groups attached to an aromatic ring is 1. The monoisotopic (exact) mass is 245 g/mol. The summed E-state index contributed by atoms with van der Waals surface area (Å²) >= 11 is 0. The van der Waals surface area contributed by atoms with E-state index in [4.69, 9.17) is 11.6 Å². The van der Waals surface area contributed by atoms with Gasteiger partial charge in [-0.2, -0.15) is 5.10 Å². The minimum absolute atomic E-state index is 0.0371. The van der Waals surface area contributed by atoms with E-state index < -0.39 is 0 Å². The Kier molecular flexibility index (Phi) is 3.64. The highest BCUT2D eigenvalue weighted by molar-refractivity contribution is 5.40. The fraction of sp³-hybridized carbons (Fsp3) is 0.308. The fourth-order valence-electron chi connectivity index (χ4n) is 2.26. The normalized spacial score (nSPS) is 12.6. The molecule has 2 rings (SSSR count). The summed E-state index contributed by atoms with van der Waals surface area (Å²) in [6.07, 6.45) is 2.49. The maximum absolute atomic E-state index is 5.82. The summed E-state index contributed by atoms with van der Waals surface area (Å²) in [4.78, 5) is 0. The number of aromatic nitrogens is 2. The predicted molar refractivity (Wildman–Crippen MR) is 72.7 cm³/mol. The zero-order chi connectivity index (χ0) is 13.1. The van der Waals surface area contributed by atoms with Crippen molar-refractivity contribution in [3.63, 3.8) is 0 Å². The second-order valence-corrected chi connectivity index (χ2v) is 4.66. The van der Waals surface area contributed by atoms with Crippen molar-refractivity contribution in [2.24, 2.45) is 5.84 Å². The molecule has 0 spiro atoms. The van der Waals surface area contributed by atoms with Crippen LogP contribution in [0.25, 0.3) is 0 Å². The van der Waals surface area contributed by atoms with Crippen molar-refractivity contribution in [2.45, 2.75) is 26.3 Å². The third kappa shape index (κ3) is 2.69. The van der Waals surface area contributed by atoms with E-state index in [-0.39, 0.29) is 6.04 Å². The van der Waals surface area contributed by atoms with E-state index in [1.54, 1.807) is 6.20 Å². The molecule has 1 aromatic carbocycles. The highest BCUT2D eigenvalue weighted by Gasteiger charge is 2.15. The van der Waals surface area contributed by atoms with E-state index in [9.17, 15) is 0 Å². The maximum Gasteiger partial charge on any atom is 0.123 e. The third-order valence-corrected chi connectivity index (χ3v) is 3.00. The molecule has 1 atom stereocenters. The van der Waals surface area contributed by atoms with Gasteiger partial charge in [-0.3, -0.25) is 16.4 Å². The summed E-state index contributed by atoms with van der Waals surface area (Å²) in [5.74, 6) is 6.17. The number of hydrogen-bond acceptors (Lipinski definition) is 4. The average molecular weight is 245 g/mol. The molecule has 0 fully saturated rings. The molecule has 0 aliphatic rings. The smallest absolute Gasteiger partial charge is 0.123 e. The number of benzene rings is 1. The van der Waals surface area contributed by atoms with Gasteiger partial charge in [0.05, 0.1) is 12.2 Å². The van der Waals surface area contributed by atoms with Gasteiger partial charge >= 0.3 is 0 Å². The molecule has 5 nitrogen and oxygen atoms in total. The van der Waals surface area contributed by atoms with Crippen LogP contribution in [0.15, 0.2) is 24.4 Å². The van der Waals surface area contributed by atoms with Crippen molar-refractivity contribution in [3.8, 4) is 0 Å². The molecule has 0 bridgehead atoms. The number of nitrogens with one attached hydrogen (secondary N) is 2. The van der Waals surface area contributed by atoms with Crippen LogP contribution in [-0.4, -0.2) is 10.2 Å². The first kappa shape index (κ1) is 12.6. The number of H-pyrrole nitrogens is 1. The van der Waals surface area contributed by atoms with Gasteiger partial charge in [-0.15, -0.1) is 0 Å². The van der Waals surface area contributed by atoms with E-state index in [2.05, 4.69) is 47.7 Å². The van der Waals surface area contributed by atoms with Crippen LogP contribution in [-0.2, 0) is 6.42 Å². The molecule has 5 heteroatoms. The standard InChI is InChI=1S/C13H19N5/c1-8-3-9(2)5-10(4-8)6-12(17-15)11-7-16-18-13(11)14/h3-5,7,12,17H,6,15H2,1-2H3,(H3,14,16,18). The number of nitrogens with zero attached hydrogens (tertiary/aromatic N) is 1. The molecule has 18 heavy (non-hydrogen) atoms. The minimum atomic E-state index is -0.0371. The first-order chi connectivity index (χ1) is 8.60. The second kappa shape index (κ2) is 5.20. The van der Waals surface area contributed by atoms with Gasteiger partial charge in [0.1, 0.15) is 5.82 Å². The Morgan fingerprint density at radius 1 is 1.28 bits per heavy atom. The van der Waals surface area contributed by atoms with Gasteiger partial charge < -0.3 is 5.73 Å². The molecule has 0 amide bonds. The van der Waals surface area contributed by atoms with Crippen LogP contribution < -0.4 is 17.0 Å². The van der Waals surface area contributed by atoms with E-state index in [1.165, 1.54) is 16.7 Å². The average Bonchev–Trinajstić information content (AvgIpc) is 2.71. The van der Waals surface area contributed by atoms with Gasteiger partial charge in [-0.1, -0.05) is 29.3 Å². The van der Waals surface area contributed by atoms with Gasteiger partial charge in [-0.25, -0.2) is 0 Å². The lowest BCUT2D eigenvalue weighted by Gasteiger charge is -2.16. The van der Waals surface area contributed by atoms with Crippen LogP contribution in [0.5, 0.6) is 0 Å². The molecular formula is C13H19N5. The van der Waals surface area contributed by atoms with Crippen molar-refractivity contribution in [2.75, 3.05) is 5.73 Å². The Morgan fingerprint density at radius 3 is 2.44 bits per heavy atom. The summed E-state index contributed by atoms with van der Waals surface area (Å²) in [5.41, 5.74) is 13.2. The molecule has 1 heterocycles. The number of hydrogen-bond donors (Lipinski definition) is 4. The molecular weight excluding hydrogens is 226 g/mol. The van der Waals surface area contributed by atoms with Crippen LogP contribution >= 0.6 is 0 Å². The second-order valence-electron chi connectivity index (χ2n) is 4.66. The first-order valence-electron chi connectivity index (χ1n) is 5.92. The van der Waals surface area contributed by atoms with Gasteiger partial charge in [0.2, 0.25) is 0 Å². The summed E-state index contributed by atoms with van der Waals surface area (Å²) < 4.78 is 0. The lowest BCUT2D eigenvalue weighted by Crippen LogP contribution is -2.29. The molecule has 96 valence electrons. The van der Waals surface area contributed by atoms with Crippen molar-refractivity contribution in [1.29, 1.82) is 0 Å². The molecule has 6 N–H and O–H groups in total. The van der Waals surface area contributed by atoms with Crippen molar-refractivity contribution in [1.82, 2.24) is 15.6 Å². The predicted octanol–water partition coefficient (Wildman–Crippen LogP) is 1.36. The molecule has 0 saturated heterocycles. The number of anilines is 1. The Hall–Kier alpha value is -1.85. The van der Waals surface area contributed by atoms with Crippen molar-refractivity contribution < 1.29 is 0 Å². The van der Waals surface area contributed by atoms with E-state index in [0.717, 1.165) is 12.0 Å². The summed E-state index contributed by atoms with van der Waals surface area (Å²) in [6, 6.07) is 6.44. The van der Waals surface area contributed by atoms with Crippen LogP contribution in [0, 0.1) is 13.8 Å². The van der Waals surface area contributed by atoms with E-state index in [1.807, 2.05) is 0 Å². The van der Waals surface area contributed by atoms with E-state index >= 15 is 0 Å².